The van der Waals surface area contributed by atoms with Crippen molar-refractivity contribution < 1.29 is 8.78 Å². The van der Waals surface area contributed by atoms with Crippen LogP contribution in [0.15, 0.2) is 175 Å². The number of nitrogens with one attached hydrogen (secondary N) is 4. The fourth-order valence-electron chi connectivity index (χ4n) is 5.24. The molecule has 0 aliphatic heterocycles. The summed E-state index contributed by atoms with van der Waals surface area (Å²) in [6.45, 7) is 0. The van der Waals surface area contributed by atoms with Crippen LogP contribution in [0.3, 0.4) is 0 Å². The Hall–Kier alpha value is -6.85. The number of hydrazine groups is 4. The minimum atomic E-state index is -0.257. The lowest BCUT2D eigenvalue weighted by Gasteiger charge is -2.03. The molecule has 0 amide bonds. The molecule has 12 nitrogen and oxygen atoms in total. The average Bonchev–Trinajstić information content (AvgIpc) is 3.30. The summed E-state index contributed by atoms with van der Waals surface area (Å²) in [5.74, 6) is 22.8. The van der Waals surface area contributed by atoms with Gasteiger partial charge in [0.1, 0.15) is 34.9 Å². The predicted molar refractivity (Wildman–Crippen MR) is 243 cm³/mol. The van der Waals surface area contributed by atoms with Gasteiger partial charge in [0.15, 0.2) is 0 Å². The summed E-state index contributed by atoms with van der Waals surface area (Å²) < 4.78 is 27.1. The third kappa shape index (κ3) is 13.4. The van der Waals surface area contributed by atoms with Crippen LogP contribution in [0.4, 0.5) is 32.1 Å². The van der Waals surface area contributed by atoms with Crippen molar-refractivity contribution >= 4 is 50.8 Å². The molecule has 4 aromatic carbocycles. The maximum Gasteiger partial charge on any atom is 0.139 e. The monoisotopic (exact) mass is 888 g/mol. The summed E-state index contributed by atoms with van der Waals surface area (Å²) >= 11 is 9.30. The molecule has 0 aliphatic carbocycles. The fourth-order valence-corrected chi connectivity index (χ4v) is 5.69. The van der Waals surface area contributed by atoms with Crippen molar-refractivity contribution in [3.05, 3.63) is 192 Å². The van der Waals surface area contributed by atoms with E-state index < -0.39 is 0 Å². The van der Waals surface area contributed by atoms with Crippen LogP contribution >= 0.6 is 27.5 Å². The van der Waals surface area contributed by atoms with E-state index in [1.54, 1.807) is 73.3 Å². The lowest BCUT2D eigenvalue weighted by Crippen LogP contribution is -2.07. The summed E-state index contributed by atoms with van der Waals surface area (Å²) in [7, 11) is 0. The highest BCUT2D eigenvalue weighted by molar-refractivity contribution is 9.10. The van der Waals surface area contributed by atoms with E-state index in [1.165, 1.54) is 18.2 Å². The predicted octanol–water partition coefficient (Wildman–Crippen LogP) is 9.83. The highest BCUT2D eigenvalue weighted by Gasteiger charge is 2.04. The Labute approximate surface area is 359 Å². The molecule has 0 saturated carbocycles. The number of nitrogens with two attached hydrogens (primary N) is 4. The Bertz CT molecular complexity index is 2410. The van der Waals surface area contributed by atoms with Crippen LogP contribution in [0.5, 0.6) is 0 Å². The Balaban J connectivity index is 0.000000152. The van der Waals surface area contributed by atoms with Crippen molar-refractivity contribution in [2.45, 2.75) is 0 Å². The Morgan fingerprint density at radius 1 is 0.417 bits per heavy atom. The molecule has 0 spiro atoms. The largest absolute Gasteiger partial charge is 0.308 e. The van der Waals surface area contributed by atoms with E-state index >= 15 is 0 Å². The highest BCUT2D eigenvalue weighted by Crippen LogP contribution is 2.25. The second-order valence-electron chi connectivity index (χ2n) is 12.3. The van der Waals surface area contributed by atoms with E-state index in [9.17, 15) is 8.78 Å². The molecule has 0 unspecified atom stereocenters. The van der Waals surface area contributed by atoms with Gasteiger partial charge in [-0.1, -0.05) is 82.1 Å². The van der Waals surface area contributed by atoms with Gasteiger partial charge in [0.25, 0.3) is 0 Å². The maximum atomic E-state index is 13.4. The van der Waals surface area contributed by atoms with Gasteiger partial charge in [0.2, 0.25) is 0 Å². The van der Waals surface area contributed by atoms with E-state index in [1.807, 2.05) is 78.9 Å². The van der Waals surface area contributed by atoms with Crippen molar-refractivity contribution in [3.63, 3.8) is 0 Å². The summed E-state index contributed by atoms with van der Waals surface area (Å²) in [5.41, 5.74) is 17.2. The SMILES string of the molecule is NNc1ccc(-c2ccc(Br)cc2)cn1.NNc1ccc(-c2ccc(F)cc2)cn1.NNc1ccc(-c2cccc(Cl)c2)cn1.NNc1ccc(-c2ccccc2F)cn1. The molecule has 4 aromatic heterocycles. The summed E-state index contributed by atoms with van der Waals surface area (Å²) in [6.07, 6.45) is 6.80. The topological polar surface area (TPSA) is 204 Å². The smallest absolute Gasteiger partial charge is 0.139 e. The van der Waals surface area contributed by atoms with E-state index in [0.29, 0.717) is 33.9 Å². The number of hydrogen-bond acceptors (Lipinski definition) is 12. The molecule has 0 radical (unpaired) electrons. The van der Waals surface area contributed by atoms with Crippen molar-refractivity contribution in [3.8, 4) is 44.5 Å². The van der Waals surface area contributed by atoms with E-state index in [-0.39, 0.29) is 11.6 Å². The molecule has 16 heteroatoms. The molecule has 304 valence electrons. The molecule has 0 saturated heterocycles. The highest BCUT2D eigenvalue weighted by atomic mass is 79.9. The van der Waals surface area contributed by atoms with Crippen molar-refractivity contribution in [1.29, 1.82) is 0 Å². The van der Waals surface area contributed by atoms with Gasteiger partial charge in [0.05, 0.1) is 0 Å². The molecule has 12 N–H and O–H groups in total. The summed E-state index contributed by atoms with van der Waals surface area (Å²) in [6, 6.07) is 43.2. The second kappa shape index (κ2) is 22.9. The van der Waals surface area contributed by atoms with Crippen LogP contribution in [0.25, 0.3) is 44.5 Å². The minimum Gasteiger partial charge on any atom is -0.308 e. The quantitative estimate of drug-likeness (QED) is 0.0531. The molecule has 0 atom stereocenters. The molecule has 60 heavy (non-hydrogen) atoms. The zero-order valence-electron chi connectivity index (χ0n) is 31.8. The normalized spacial score (nSPS) is 10.0. The van der Waals surface area contributed by atoms with Crippen LogP contribution < -0.4 is 45.1 Å². The Morgan fingerprint density at radius 2 is 0.817 bits per heavy atom. The standard InChI is InChI=1S/C11H10BrN3.C11H10ClN3.2C11H10FN3/c12-10-4-1-8(2-5-10)9-3-6-11(15-13)14-7-9;12-10-3-1-2-8(6-10)9-4-5-11(15-13)14-7-9;12-10-4-1-8(2-5-10)9-3-6-11(15-13)14-7-9;12-10-4-2-1-3-9(10)8-5-6-11(15-13)14-7-8/h4*1-7H,13H2,(H,14,15). The number of aromatic nitrogens is 4. The Morgan fingerprint density at radius 3 is 1.22 bits per heavy atom. The molecule has 0 fully saturated rings. The van der Waals surface area contributed by atoms with Crippen LogP contribution in [-0.2, 0) is 0 Å². The number of pyridine rings is 4. The summed E-state index contributed by atoms with van der Waals surface area (Å²) in [5, 5.41) is 0.716. The van der Waals surface area contributed by atoms with Crippen LogP contribution in [-0.4, -0.2) is 19.9 Å². The third-order valence-corrected chi connectivity index (χ3v) is 9.11. The average molecular weight is 890 g/mol. The van der Waals surface area contributed by atoms with Gasteiger partial charge in [-0.25, -0.2) is 52.1 Å². The van der Waals surface area contributed by atoms with E-state index in [0.717, 1.165) is 43.4 Å². The van der Waals surface area contributed by atoms with Gasteiger partial charge in [-0.15, -0.1) is 0 Å². The van der Waals surface area contributed by atoms with Crippen molar-refractivity contribution in [2.75, 3.05) is 21.7 Å². The van der Waals surface area contributed by atoms with Gasteiger partial charge >= 0.3 is 0 Å². The van der Waals surface area contributed by atoms with E-state index in [4.69, 9.17) is 35.0 Å². The number of hydrogen-bond donors (Lipinski definition) is 8. The molecule has 8 rings (SSSR count). The first-order chi connectivity index (χ1) is 29.2. The number of nitrogen functional groups attached to an aromatic ring is 4. The number of anilines is 4. The zero-order valence-corrected chi connectivity index (χ0v) is 34.1. The van der Waals surface area contributed by atoms with Crippen molar-refractivity contribution in [1.82, 2.24) is 19.9 Å². The molecule has 0 aliphatic rings. The lowest BCUT2D eigenvalue weighted by molar-refractivity contribution is 0.628. The number of nitrogens with zero attached hydrogens (tertiary/aromatic N) is 4. The Kier molecular flexibility index (Phi) is 16.9. The number of benzene rings is 4. The zero-order chi connectivity index (χ0) is 42.7. The van der Waals surface area contributed by atoms with Crippen LogP contribution in [0.2, 0.25) is 5.02 Å². The van der Waals surface area contributed by atoms with Crippen LogP contribution in [0, 0.1) is 11.6 Å². The van der Waals surface area contributed by atoms with Gasteiger partial charge in [0, 0.05) is 62.1 Å². The van der Waals surface area contributed by atoms with Gasteiger partial charge < -0.3 is 21.7 Å². The van der Waals surface area contributed by atoms with Crippen molar-refractivity contribution in [2.24, 2.45) is 23.4 Å². The first kappa shape index (κ1) is 44.3. The second-order valence-corrected chi connectivity index (χ2v) is 13.7. The van der Waals surface area contributed by atoms with E-state index in [2.05, 4.69) is 57.6 Å². The minimum absolute atomic E-state index is 0.244. The van der Waals surface area contributed by atoms with Gasteiger partial charge in [-0.05, 0) is 108 Å². The first-order valence-corrected chi connectivity index (χ1v) is 19.1. The third-order valence-electron chi connectivity index (χ3n) is 8.34. The maximum absolute atomic E-state index is 13.4. The molecular formula is C44H40BrClF2N12. The number of halogens is 4. The summed E-state index contributed by atoms with van der Waals surface area (Å²) in [4.78, 5) is 16.4. The molecule has 0 bridgehead atoms. The van der Waals surface area contributed by atoms with Gasteiger partial charge in [-0.2, -0.15) is 0 Å². The fraction of sp³-hybridized carbons (Fsp3) is 0. The number of rotatable bonds is 8. The van der Waals surface area contributed by atoms with Gasteiger partial charge in [-0.3, -0.25) is 0 Å². The lowest BCUT2D eigenvalue weighted by atomic mass is 10.1. The molecular weight excluding hydrogens is 850 g/mol. The molecule has 8 aromatic rings. The first-order valence-electron chi connectivity index (χ1n) is 17.9. The molecule has 4 heterocycles. The van der Waals surface area contributed by atoms with Crippen LogP contribution in [0.1, 0.15) is 0 Å².